The molecule has 0 spiro atoms. The van der Waals surface area contributed by atoms with Gasteiger partial charge >= 0.3 is 0 Å². The molecule has 5 aromatic rings. The highest BCUT2D eigenvalue weighted by Gasteiger charge is 2.83. The third-order valence-electron chi connectivity index (χ3n) is 11.2. The first-order chi connectivity index (χ1) is 25.1. The number of nitro groups is 1. The first-order valence-corrected chi connectivity index (χ1v) is 17.0. The van der Waals surface area contributed by atoms with Crippen molar-refractivity contribution in [3.8, 4) is 11.5 Å². The molecule has 258 valence electrons. The number of methoxy groups -OCH3 is 2. The molecule has 0 unspecified atom stereocenters. The number of amides is 2. The largest absolute Gasteiger partial charge is 0.497 e. The molecule has 5 aromatic carbocycles. The van der Waals surface area contributed by atoms with E-state index in [4.69, 9.17) is 9.47 Å². The number of anilines is 1. The van der Waals surface area contributed by atoms with Crippen LogP contribution in [0.2, 0.25) is 0 Å². The van der Waals surface area contributed by atoms with E-state index in [1.165, 1.54) is 12.1 Å². The molecule has 1 saturated carbocycles. The van der Waals surface area contributed by atoms with Crippen LogP contribution in [0.1, 0.15) is 33.4 Å². The van der Waals surface area contributed by atoms with E-state index in [-0.39, 0.29) is 17.2 Å². The predicted octanol–water partition coefficient (Wildman–Crippen LogP) is 7.42. The van der Waals surface area contributed by atoms with Gasteiger partial charge < -0.3 is 9.47 Å². The summed E-state index contributed by atoms with van der Waals surface area (Å²) in [6.07, 6.45) is 0. The highest BCUT2D eigenvalue weighted by molar-refractivity contribution is 6.39. The Labute approximate surface area is 300 Å². The smallest absolute Gasteiger partial charge is 0.293 e. The van der Waals surface area contributed by atoms with Gasteiger partial charge in [-0.3, -0.25) is 24.5 Å². The highest BCUT2D eigenvalue weighted by atomic mass is 16.6. The van der Waals surface area contributed by atoms with Crippen molar-refractivity contribution in [2.24, 2.45) is 11.8 Å². The number of aryl methyl sites for hydroxylation is 2. The Balaban J connectivity index is 1.54. The summed E-state index contributed by atoms with van der Waals surface area (Å²) >= 11 is 0. The number of carbonyl (C=O) groups excluding carboxylic acids is 3. The van der Waals surface area contributed by atoms with Crippen LogP contribution in [0.4, 0.5) is 11.4 Å². The van der Waals surface area contributed by atoms with E-state index in [1.54, 1.807) is 28.1 Å². The lowest BCUT2D eigenvalue weighted by Crippen LogP contribution is -2.45. The Hall–Kier alpha value is -6.35. The molecule has 0 radical (unpaired) electrons. The summed E-state index contributed by atoms with van der Waals surface area (Å²) in [6.45, 7) is 3.53. The van der Waals surface area contributed by atoms with E-state index >= 15 is 14.4 Å². The third kappa shape index (κ3) is 4.19. The topological polar surface area (TPSA) is 116 Å². The lowest BCUT2D eigenvalue weighted by Gasteiger charge is -2.39. The molecule has 9 nitrogen and oxygen atoms in total. The number of nitrogens with zero attached hydrogens (tertiary/aromatic N) is 2. The number of allylic oxidation sites excluding steroid dienone is 2. The lowest BCUT2D eigenvalue weighted by molar-refractivity contribution is -0.384. The van der Waals surface area contributed by atoms with E-state index < -0.39 is 39.4 Å². The van der Waals surface area contributed by atoms with Gasteiger partial charge in [-0.1, -0.05) is 84.9 Å². The van der Waals surface area contributed by atoms with Crippen molar-refractivity contribution in [3.05, 3.63) is 165 Å². The molecule has 0 N–H and O–H groups in total. The monoisotopic (exact) mass is 690 g/mol. The van der Waals surface area contributed by atoms with Crippen molar-refractivity contribution in [1.82, 2.24) is 0 Å². The van der Waals surface area contributed by atoms with Crippen LogP contribution < -0.4 is 14.4 Å². The number of nitro benzene ring substituents is 1. The molecular weight excluding hydrogens is 656 g/mol. The first-order valence-electron chi connectivity index (χ1n) is 17.0. The summed E-state index contributed by atoms with van der Waals surface area (Å²) < 4.78 is 11.0. The molecule has 2 fully saturated rings. The van der Waals surface area contributed by atoms with Gasteiger partial charge in [0.1, 0.15) is 17.2 Å². The standard InChI is InChI=1S/C43H34N2O7/c1-25-23-33(34(45(49)50)24-26(25)2)44-39(46)37-38(40(44)47)43(30-13-9-6-10-14-30)36(28-17-21-32(52-4)22-18-28)35(27-15-19-31(51-3)20-16-27)42(37,41(43)48)29-11-7-5-8-12-29/h5-24,37-38H,1-4H3/t37-,38-,42-,43-/m1/s1. The van der Waals surface area contributed by atoms with Gasteiger partial charge in [0, 0.05) is 6.07 Å². The number of benzene rings is 5. The molecule has 4 atom stereocenters. The number of imide groups is 1. The molecule has 1 aliphatic heterocycles. The van der Waals surface area contributed by atoms with Gasteiger partial charge in [-0.25, -0.2) is 4.90 Å². The predicted molar refractivity (Wildman–Crippen MR) is 196 cm³/mol. The van der Waals surface area contributed by atoms with Crippen LogP contribution in [0.5, 0.6) is 11.5 Å². The summed E-state index contributed by atoms with van der Waals surface area (Å²) in [5, 5.41) is 12.5. The molecule has 8 rings (SSSR count). The molecule has 1 heterocycles. The molecule has 1 saturated heterocycles. The van der Waals surface area contributed by atoms with Gasteiger partial charge in [0.15, 0.2) is 5.78 Å². The fourth-order valence-electron chi connectivity index (χ4n) is 8.99. The van der Waals surface area contributed by atoms with Gasteiger partial charge in [0.25, 0.3) is 5.69 Å². The molecule has 52 heavy (non-hydrogen) atoms. The van der Waals surface area contributed by atoms with Crippen molar-refractivity contribution in [2.45, 2.75) is 24.7 Å². The van der Waals surface area contributed by atoms with E-state index in [0.717, 1.165) is 4.90 Å². The summed E-state index contributed by atoms with van der Waals surface area (Å²) in [5.41, 5.74) is 1.20. The number of hydrogen-bond acceptors (Lipinski definition) is 7. The SMILES string of the molecule is COc1ccc(C2=C(c3ccc(OC)cc3)[C@@]3(c4ccccc4)C(=O)[C@@]2(c2ccccc2)[C@H]2C(=O)N(c4cc(C)c(C)cc4[N+](=O)[O-])C(=O)[C@@H]23)cc1. The summed E-state index contributed by atoms with van der Waals surface area (Å²) in [6, 6.07) is 35.9. The van der Waals surface area contributed by atoms with Gasteiger partial charge in [0.2, 0.25) is 11.8 Å². The molecule has 2 bridgehead atoms. The van der Waals surface area contributed by atoms with Crippen LogP contribution in [-0.2, 0) is 25.2 Å². The van der Waals surface area contributed by atoms with E-state index in [2.05, 4.69) is 0 Å². The van der Waals surface area contributed by atoms with Gasteiger partial charge in [0.05, 0.1) is 41.8 Å². The van der Waals surface area contributed by atoms with Crippen molar-refractivity contribution in [1.29, 1.82) is 0 Å². The highest BCUT2D eigenvalue weighted by Crippen LogP contribution is 2.74. The zero-order valence-electron chi connectivity index (χ0n) is 29.0. The molecule has 9 heteroatoms. The van der Waals surface area contributed by atoms with Crippen LogP contribution in [-0.4, -0.2) is 36.7 Å². The molecule has 0 aromatic heterocycles. The minimum atomic E-state index is -1.67. The zero-order valence-corrected chi connectivity index (χ0v) is 29.0. The third-order valence-corrected chi connectivity index (χ3v) is 11.2. The fraction of sp³-hybridized carbons (Fsp3) is 0.186. The van der Waals surface area contributed by atoms with Crippen molar-refractivity contribution in [3.63, 3.8) is 0 Å². The van der Waals surface area contributed by atoms with Crippen LogP contribution >= 0.6 is 0 Å². The molecule has 2 aliphatic carbocycles. The summed E-state index contributed by atoms with van der Waals surface area (Å²) in [4.78, 5) is 59.7. The van der Waals surface area contributed by atoms with E-state index in [0.29, 0.717) is 56.0 Å². The van der Waals surface area contributed by atoms with Crippen LogP contribution in [0.25, 0.3) is 11.1 Å². The zero-order chi connectivity index (χ0) is 36.5. The van der Waals surface area contributed by atoms with Crippen LogP contribution in [0.3, 0.4) is 0 Å². The number of carbonyl (C=O) groups is 3. The maximum Gasteiger partial charge on any atom is 0.293 e. The van der Waals surface area contributed by atoms with Crippen molar-refractivity contribution < 1.29 is 28.8 Å². The lowest BCUT2D eigenvalue weighted by atomic mass is 9.59. The number of Topliss-reactive ketones (excluding diaryl/α,β-unsaturated/α-hetero) is 1. The average Bonchev–Trinajstić information content (AvgIpc) is 3.68. The Morgan fingerprint density at radius 2 is 1.02 bits per heavy atom. The van der Waals surface area contributed by atoms with E-state index in [1.807, 2.05) is 109 Å². The van der Waals surface area contributed by atoms with Gasteiger partial charge in [-0.2, -0.15) is 0 Å². The second-order valence-corrected chi connectivity index (χ2v) is 13.5. The number of ether oxygens (including phenoxy) is 2. The second kappa shape index (κ2) is 11.9. The average molecular weight is 691 g/mol. The summed E-state index contributed by atoms with van der Waals surface area (Å²) in [7, 11) is 3.14. The van der Waals surface area contributed by atoms with Crippen molar-refractivity contribution >= 4 is 40.1 Å². The summed E-state index contributed by atoms with van der Waals surface area (Å²) in [5.74, 6) is -2.85. The molecule has 3 aliphatic rings. The number of ketones is 1. The number of rotatable bonds is 8. The molecule has 2 amide bonds. The second-order valence-electron chi connectivity index (χ2n) is 13.5. The Morgan fingerprint density at radius 3 is 1.40 bits per heavy atom. The minimum Gasteiger partial charge on any atom is -0.497 e. The number of fused-ring (bicyclic) bond motifs is 5. The fourth-order valence-corrected chi connectivity index (χ4v) is 8.99. The maximum absolute atomic E-state index is 16.1. The van der Waals surface area contributed by atoms with Gasteiger partial charge in [-0.05, 0) is 88.7 Å². The Bertz CT molecular complexity index is 2210. The number of hydrogen-bond donors (Lipinski definition) is 0. The first kappa shape index (κ1) is 32.8. The Kier molecular flexibility index (Phi) is 7.50. The Morgan fingerprint density at radius 1 is 0.615 bits per heavy atom. The van der Waals surface area contributed by atoms with Crippen LogP contribution in [0.15, 0.2) is 121 Å². The normalized spacial score (nSPS) is 23.3. The van der Waals surface area contributed by atoms with Gasteiger partial charge in [-0.15, -0.1) is 0 Å². The van der Waals surface area contributed by atoms with Crippen molar-refractivity contribution in [2.75, 3.05) is 19.1 Å². The molecular formula is C43H34N2O7. The maximum atomic E-state index is 16.1. The van der Waals surface area contributed by atoms with Crippen LogP contribution in [0, 0.1) is 35.8 Å². The minimum absolute atomic E-state index is 0.104. The quantitative estimate of drug-likeness (QED) is 0.0946. The van der Waals surface area contributed by atoms with E-state index in [9.17, 15) is 10.1 Å².